The van der Waals surface area contributed by atoms with Crippen molar-refractivity contribution in [2.45, 2.75) is 50.7 Å². The maximum Gasteiger partial charge on any atom is 0.254 e. The summed E-state index contributed by atoms with van der Waals surface area (Å²) in [5.41, 5.74) is 3.69. The lowest BCUT2D eigenvalue weighted by atomic mass is 10.0. The van der Waals surface area contributed by atoms with Crippen molar-refractivity contribution in [1.29, 1.82) is 0 Å². The van der Waals surface area contributed by atoms with Crippen LogP contribution in [0.25, 0.3) is 0 Å². The molecule has 3 aliphatic rings. The van der Waals surface area contributed by atoms with Gasteiger partial charge in [0, 0.05) is 30.5 Å². The average molecular weight is 331 g/mol. The second-order valence-corrected chi connectivity index (χ2v) is 8.10. The Morgan fingerprint density at radius 1 is 1.22 bits per heavy atom. The van der Waals surface area contributed by atoms with E-state index in [-0.39, 0.29) is 12.0 Å². The Hall–Kier alpha value is -1.00. The molecule has 2 atom stereocenters. The van der Waals surface area contributed by atoms with E-state index in [1.807, 2.05) is 17.8 Å². The standard InChI is InChI=1S/C19H25NO2S/c21-19(16-7-6-14-3-1-4-15(14)11-16)20(17-8-10-23-13-17)12-18-5-2-9-22-18/h6-7,11,17-18H,1-5,8-10,12-13H2/t17-,18-/m1/s1. The molecular weight excluding hydrogens is 306 g/mol. The van der Waals surface area contributed by atoms with Gasteiger partial charge in [-0.25, -0.2) is 0 Å². The minimum atomic E-state index is 0.211. The van der Waals surface area contributed by atoms with Gasteiger partial charge in [-0.3, -0.25) is 4.79 Å². The van der Waals surface area contributed by atoms with E-state index in [0.717, 1.165) is 50.2 Å². The number of amides is 1. The van der Waals surface area contributed by atoms with E-state index in [1.165, 1.54) is 29.7 Å². The number of benzene rings is 1. The van der Waals surface area contributed by atoms with Crippen LogP contribution in [-0.2, 0) is 17.6 Å². The summed E-state index contributed by atoms with van der Waals surface area (Å²) in [7, 11) is 0. The van der Waals surface area contributed by atoms with Crippen molar-refractivity contribution in [1.82, 2.24) is 4.90 Å². The molecule has 0 bridgehead atoms. The summed E-state index contributed by atoms with van der Waals surface area (Å²) in [6, 6.07) is 6.74. The van der Waals surface area contributed by atoms with Gasteiger partial charge in [0.1, 0.15) is 0 Å². The molecule has 2 heterocycles. The summed E-state index contributed by atoms with van der Waals surface area (Å²) in [5.74, 6) is 2.45. The van der Waals surface area contributed by atoms with Crippen LogP contribution >= 0.6 is 11.8 Å². The van der Waals surface area contributed by atoms with E-state index in [4.69, 9.17) is 4.74 Å². The van der Waals surface area contributed by atoms with Gasteiger partial charge in [-0.1, -0.05) is 6.07 Å². The van der Waals surface area contributed by atoms with Crippen LogP contribution in [0.15, 0.2) is 18.2 Å². The van der Waals surface area contributed by atoms with Gasteiger partial charge in [-0.05, 0) is 67.5 Å². The van der Waals surface area contributed by atoms with Crippen LogP contribution in [-0.4, -0.2) is 47.6 Å². The third-order valence-electron chi connectivity index (χ3n) is 5.38. The first-order chi connectivity index (χ1) is 11.3. The van der Waals surface area contributed by atoms with Crippen molar-refractivity contribution in [3.63, 3.8) is 0 Å². The highest BCUT2D eigenvalue weighted by molar-refractivity contribution is 7.99. The molecule has 124 valence electrons. The Balaban J connectivity index is 1.55. The number of aryl methyl sites for hydroxylation is 2. The first kappa shape index (κ1) is 15.5. The van der Waals surface area contributed by atoms with Gasteiger partial charge < -0.3 is 9.64 Å². The highest BCUT2D eigenvalue weighted by Crippen LogP contribution is 2.28. The summed E-state index contributed by atoms with van der Waals surface area (Å²) in [6.07, 6.45) is 7.10. The third kappa shape index (κ3) is 3.29. The predicted octanol–water partition coefficient (Wildman–Crippen LogP) is 3.30. The number of hydrogen-bond donors (Lipinski definition) is 0. The highest BCUT2D eigenvalue weighted by Gasteiger charge is 2.31. The van der Waals surface area contributed by atoms with Crippen molar-refractivity contribution in [3.8, 4) is 0 Å². The summed E-state index contributed by atoms with van der Waals surface area (Å²) in [6.45, 7) is 1.62. The molecule has 2 fully saturated rings. The van der Waals surface area contributed by atoms with Crippen LogP contribution in [0.2, 0.25) is 0 Å². The fourth-order valence-electron chi connectivity index (χ4n) is 4.04. The molecule has 23 heavy (non-hydrogen) atoms. The second kappa shape index (κ2) is 6.86. The second-order valence-electron chi connectivity index (χ2n) is 6.95. The number of hydrogen-bond acceptors (Lipinski definition) is 3. The zero-order valence-electron chi connectivity index (χ0n) is 13.6. The van der Waals surface area contributed by atoms with E-state index in [9.17, 15) is 4.79 Å². The average Bonchev–Trinajstić information content (AvgIpc) is 3.33. The molecule has 3 nitrogen and oxygen atoms in total. The van der Waals surface area contributed by atoms with Gasteiger partial charge in [0.15, 0.2) is 0 Å². The molecule has 0 radical (unpaired) electrons. The Bertz CT molecular complexity index is 577. The van der Waals surface area contributed by atoms with Gasteiger partial charge in [-0.2, -0.15) is 11.8 Å². The smallest absolute Gasteiger partial charge is 0.254 e. The lowest BCUT2D eigenvalue weighted by Gasteiger charge is -2.31. The van der Waals surface area contributed by atoms with Gasteiger partial charge in [0.25, 0.3) is 5.91 Å². The fourth-order valence-corrected chi connectivity index (χ4v) is 5.27. The van der Waals surface area contributed by atoms with Crippen LogP contribution in [0.5, 0.6) is 0 Å². The SMILES string of the molecule is O=C(c1ccc2c(c1)CCC2)N(C[C@H]1CCCO1)[C@@H]1CCSC1. The molecule has 0 N–H and O–H groups in total. The number of thioether (sulfide) groups is 1. The maximum atomic E-state index is 13.2. The number of carbonyl (C=O) groups excluding carboxylic acids is 1. The van der Waals surface area contributed by atoms with E-state index in [0.29, 0.717) is 6.04 Å². The van der Waals surface area contributed by atoms with Crippen LogP contribution in [0.4, 0.5) is 0 Å². The first-order valence-electron chi connectivity index (χ1n) is 8.93. The van der Waals surface area contributed by atoms with Crippen LogP contribution in [0.3, 0.4) is 0 Å². The van der Waals surface area contributed by atoms with E-state index >= 15 is 0 Å². The Morgan fingerprint density at radius 3 is 2.91 bits per heavy atom. The van der Waals surface area contributed by atoms with E-state index in [2.05, 4.69) is 17.0 Å². The molecule has 1 amide bonds. The van der Waals surface area contributed by atoms with Crippen molar-refractivity contribution < 1.29 is 9.53 Å². The van der Waals surface area contributed by atoms with E-state index < -0.39 is 0 Å². The van der Waals surface area contributed by atoms with Gasteiger partial charge >= 0.3 is 0 Å². The molecule has 2 saturated heterocycles. The molecule has 4 heteroatoms. The Morgan fingerprint density at radius 2 is 2.13 bits per heavy atom. The van der Waals surface area contributed by atoms with Gasteiger partial charge in [-0.15, -0.1) is 0 Å². The molecular formula is C19H25NO2S. The minimum Gasteiger partial charge on any atom is -0.376 e. The highest BCUT2D eigenvalue weighted by atomic mass is 32.2. The number of carbonyl (C=O) groups is 1. The number of fused-ring (bicyclic) bond motifs is 1. The number of rotatable bonds is 4. The van der Waals surface area contributed by atoms with Crippen LogP contribution in [0, 0.1) is 0 Å². The molecule has 0 unspecified atom stereocenters. The van der Waals surface area contributed by atoms with E-state index in [1.54, 1.807) is 0 Å². The summed E-state index contributed by atoms with van der Waals surface area (Å²) < 4.78 is 5.80. The quantitative estimate of drug-likeness (QED) is 0.848. The summed E-state index contributed by atoms with van der Waals surface area (Å²) in [5, 5.41) is 0. The molecule has 4 rings (SSSR count). The van der Waals surface area contributed by atoms with Crippen LogP contribution in [0.1, 0.15) is 47.2 Å². The molecule has 0 spiro atoms. The zero-order chi connectivity index (χ0) is 15.6. The topological polar surface area (TPSA) is 29.5 Å². The minimum absolute atomic E-state index is 0.211. The predicted molar refractivity (Wildman–Crippen MR) is 94.2 cm³/mol. The normalized spacial score (nSPS) is 26.4. The molecule has 1 aromatic carbocycles. The third-order valence-corrected chi connectivity index (χ3v) is 6.52. The number of nitrogens with zero attached hydrogens (tertiary/aromatic N) is 1. The molecule has 0 aromatic heterocycles. The maximum absolute atomic E-state index is 13.2. The lowest BCUT2D eigenvalue weighted by molar-refractivity contribution is 0.0441. The van der Waals surface area contributed by atoms with Crippen molar-refractivity contribution in [2.75, 3.05) is 24.7 Å². The molecule has 0 saturated carbocycles. The fraction of sp³-hybridized carbons (Fsp3) is 0.632. The monoisotopic (exact) mass is 331 g/mol. The molecule has 1 aromatic rings. The van der Waals surface area contributed by atoms with Crippen molar-refractivity contribution in [3.05, 3.63) is 34.9 Å². The lowest BCUT2D eigenvalue weighted by Crippen LogP contribution is -2.44. The van der Waals surface area contributed by atoms with Gasteiger partial charge in [0.05, 0.1) is 6.10 Å². The van der Waals surface area contributed by atoms with Crippen molar-refractivity contribution >= 4 is 17.7 Å². The first-order valence-corrected chi connectivity index (χ1v) is 10.1. The summed E-state index contributed by atoms with van der Waals surface area (Å²) in [4.78, 5) is 15.3. The molecule has 2 aliphatic heterocycles. The number of ether oxygens (including phenoxy) is 1. The summed E-state index contributed by atoms with van der Waals surface area (Å²) >= 11 is 1.97. The van der Waals surface area contributed by atoms with Gasteiger partial charge in [0.2, 0.25) is 0 Å². The largest absolute Gasteiger partial charge is 0.376 e. The Kier molecular flexibility index (Phi) is 4.63. The van der Waals surface area contributed by atoms with Crippen LogP contribution < -0.4 is 0 Å². The van der Waals surface area contributed by atoms with Crippen molar-refractivity contribution in [2.24, 2.45) is 0 Å². The Labute approximate surface area is 142 Å². The molecule has 1 aliphatic carbocycles. The zero-order valence-corrected chi connectivity index (χ0v) is 14.4.